The van der Waals surface area contributed by atoms with Crippen molar-refractivity contribution in [3.05, 3.63) is 41.0 Å². The molecule has 1 nitrogen and oxygen atoms in total. The third kappa shape index (κ3) is 3.17. The summed E-state index contributed by atoms with van der Waals surface area (Å²) in [7, 11) is 0. The molecule has 0 amide bonds. The van der Waals surface area contributed by atoms with E-state index in [0.29, 0.717) is 0 Å². The van der Waals surface area contributed by atoms with Crippen LogP contribution in [0.25, 0.3) is 12.2 Å². The van der Waals surface area contributed by atoms with Crippen LogP contribution in [0.1, 0.15) is 26.3 Å². The van der Waals surface area contributed by atoms with E-state index in [4.69, 9.17) is 0 Å². The fraction of sp³-hybridized carbons (Fsp3) is 0.308. The molecule has 14 heavy (non-hydrogen) atoms. The summed E-state index contributed by atoms with van der Waals surface area (Å²) >= 11 is 0. The molecule has 0 fully saturated rings. The molecule has 76 valence electrons. The normalized spacial score (nSPS) is 12.0. The molecule has 0 unspecified atom stereocenters. The number of aryl methyl sites for hydroxylation is 1. The molecule has 0 saturated carbocycles. The Bertz CT molecular complexity index is 388. The van der Waals surface area contributed by atoms with Crippen molar-refractivity contribution < 1.29 is 0 Å². The maximum absolute atomic E-state index is 4.11. The first-order valence-electron chi connectivity index (χ1n) is 4.99. The highest BCUT2D eigenvalue weighted by atomic mass is 14.6. The van der Waals surface area contributed by atoms with E-state index in [9.17, 15) is 0 Å². The largest absolute Gasteiger partial charge is 0.264 e. The van der Waals surface area contributed by atoms with Crippen LogP contribution in [-0.2, 0) is 0 Å². The lowest BCUT2D eigenvalue weighted by Gasteiger charge is -1.93. The first-order chi connectivity index (χ1) is 6.79. The SMILES string of the molecule is C=C/C=c1/c(C)cnc/c1=C/C.CC. The van der Waals surface area contributed by atoms with Crippen molar-refractivity contribution in [3.63, 3.8) is 0 Å². The minimum Gasteiger partial charge on any atom is -0.264 e. The maximum atomic E-state index is 4.11. The van der Waals surface area contributed by atoms with Crippen LogP contribution < -0.4 is 10.4 Å². The van der Waals surface area contributed by atoms with Gasteiger partial charge in [0.25, 0.3) is 0 Å². The van der Waals surface area contributed by atoms with Crippen molar-refractivity contribution in [1.29, 1.82) is 0 Å². The molecule has 0 aromatic carbocycles. The van der Waals surface area contributed by atoms with Gasteiger partial charge in [-0.05, 0) is 29.8 Å². The van der Waals surface area contributed by atoms with Crippen LogP contribution in [0.2, 0.25) is 0 Å². The van der Waals surface area contributed by atoms with Gasteiger partial charge in [0.15, 0.2) is 0 Å². The molecule has 0 radical (unpaired) electrons. The number of pyridine rings is 1. The number of allylic oxidation sites excluding steroid dienone is 1. The molecule has 0 atom stereocenters. The summed E-state index contributed by atoms with van der Waals surface area (Å²) in [6, 6.07) is 0. The average molecular weight is 189 g/mol. The van der Waals surface area contributed by atoms with Gasteiger partial charge in [0.2, 0.25) is 0 Å². The van der Waals surface area contributed by atoms with Gasteiger partial charge in [-0.1, -0.05) is 38.7 Å². The number of aromatic nitrogens is 1. The van der Waals surface area contributed by atoms with Crippen LogP contribution in [0.4, 0.5) is 0 Å². The van der Waals surface area contributed by atoms with Crippen LogP contribution in [0, 0.1) is 6.92 Å². The Morgan fingerprint density at radius 1 is 1.29 bits per heavy atom. The number of rotatable bonds is 1. The van der Waals surface area contributed by atoms with Crippen molar-refractivity contribution >= 4 is 12.2 Å². The van der Waals surface area contributed by atoms with Crippen molar-refractivity contribution in [3.8, 4) is 0 Å². The predicted molar refractivity (Wildman–Crippen MR) is 64.4 cm³/mol. The van der Waals surface area contributed by atoms with Gasteiger partial charge in [0.05, 0.1) is 0 Å². The highest BCUT2D eigenvalue weighted by Crippen LogP contribution is 1.80. The van der Waals surface area contributed by atoms with E-state index in [0.717, 1.165) is 5.22 Å². The Balaban J connectivity index is 0.000000791. The lowest BCUT2D eigenvalue weighted by molar-refractivity contribution is 1.21. The van der Waals surface area contributed by atoms with E-state index in [-0.39, 0.29) is 0 Å². The zero-order valence-electron chi connectivity index (χ0n) is 9.54. The summed E-state index contributed by atoms with van der Waals surface area (Å²) in [5, 5.41) is 2.37. The second-order valence-electron chi connectivity index (χ2n) is 2.65. The van der Waals surface area contributed by atoms with E-state index in [2.05, 4.69) is 24.6 Å². The van der Waals surface area contributed by atoms with Gasteiger partial charge >= 0.3 is 0 Å². The standard InChI is InChI=1S/C11H13N.C2H6/c1-4-6-11-9(3)7-12-8-10(11)5-2;1-2/h4-8H,1H2,2-3H3;1-2H3/b10-5-,11-6-;. The first-order valence-corrected chi connectivity index (χ1v) is 4.99. The zero-order chi connectivity index (χ0) is 11.0. The number of hydrogen-bond acceptors (Lipinski definition) is 1. The maximum Gasteiger partial charge on any atom is 0.0343 e. The molecule has 1 aromatic heterocycles. The van der Waals surface area contributed by atoms with E-state index >= 15 is 0 Å². The van der Waals surface area contributed by atoms with Gasteiger partial charge in [-0.15, -0.1) is 0 Å². The molecule has 0 N–H and O–H groups in total. The lowest BCUT2D eigenvalue weighted by atomic mass is 10.2. The average Bonchev–Trinajstić information content (AvgIpc) is 2.24. The second kappa shape index (κ2) is 7.07. The summed E-state index contributed by atoms with van der Waals surface area (Å²) < 4.78 is 0. The molecule has 0 spiro atoms. The van der Waals surface area contributed by atoms with Crippen molar-refractivity contribution in [1.82, 2.24) is 4.98 Å². The van der Waals surface area contributed by atoms with E-state index in [1.807, 2.05) is 39.2 Å². The van der Waals surface area contributed by atoms with Gasteiger partial charge in [0.1, 0.15) is 0 Å². The second-order valence-corrected chi connectivity index (χ2v) is 2.65. The smallest absolute Gasteiger partial charge is 0.0343 e. The van der Waals surface area contributed by atoms with Crippen LogP contribution in [0.15, 0.2) is 25.0 Å². The molecular formula is C13H19N. The number of nitrogens with zero attached hydrogens (tertiary/aromatic N) is 1. The van der Waals surface area contributed by atoms with Crippen LogP contribution in [0.3, 0.4) is 0 Å². The molecule has 0 bridgehead atoms. The van der Waals surface area contributed by atoms with Gasteiger partial charge < -0.3 is 0 Å². The summed E-state index contributed by atoms with van der Waals surface area (Å²) in [6.45, 7) is 11.7. The van der Waals surface area contributed by atoms with Gasteiger partial charge in [0, 0.05) is 12.4 Å². The minimum absolute atomic E-state index is 1.16. The third-order valence-corrected chi connectivity index (χ3v) is 1.81. The molecule has 1 aromatic rings. The topological polar surface area (TPSA) is 12.9 Å². The summed E-state index contributed by atoms with van der Waals surface area (Å²) in [4.78, 5) is 4.11. The van der Waals surface area contributed by atoms with Gasteiger partial charge in [-0.3, -0.25) is 4.98 Å². The van der Waals surface area contributed by atoms with Crippen LogP contribution >= 0.6 is 0 Å². The fourth-order valence-corrected chi connectivity index (χ4v) is 1.17. The Morgan fingerprint density at radius 2 is 1.93 bits per heavy atom. The van der Waals surface area contributed by atoms with Crippen molar-refractivity contribution in [2.45, 2.75) is 27.7 Å². The lowest BCUT2D eigenvalue weighted by Crippen LogP contribution is -2.27. The monoisotopic (exact) mass is 189 g/mol. The van der Waals surface area contributed by atoms with Crippen LogP contribution in [-0.4, -0.2) is 4.98 Å². The molecular weight excluding hydrogens is 170 g/mol. The highest BCUT2D eigenvalue weighted by molar-refractivity contribution is 5.39. The Hall–Kier alpha value is -1.37. The Morgan fingerprint density at radius 3 is 2.43 bits per heavy atom. The molecule has 0 aliphatic carbocycles. The van der Waals surface area contributed by atoms with E-state index < -0.39 is 0 Å². The molecule has 0 aliphatic heterocycles. The quantitative estimate of drug-likeness (QED) is 0.660. The summed E-state index contributed by atoms with van der Waals surface area (Å²) in [6.07, 6.45) is 9.58. The zero-order valence-corrected chi connectivity index (χ0v) is 9.54. The summed E-state index contributed by atoms with van der Waals surface area (Å²) in [5.41, 5.74) is 1.19. The van der Waals surface area contributed by atoms with Gasteiger partial charge in [-0.2, -0.15) is 0 Å². The van der Waals surface area contributed by atoms with Crippen LogP contribution in [0.5, 0.6) is 0 Å². The molecule has 1 rings (SSSR count). The van der Waals surface area contributed by atoms with Crippen molar-refractivity contribution in [2.24, 2.45) is 0 Å². The molecule has 1 heteroatoms. The third-order valence-electron chi connectivity index (χ3n) is 1.81. The Labute approximate surface area is 86.5 Å². The Kier molecular flexibility index (Phi) is 6.38. The van der Waals surface area contributed by atoms with E-state index in [1.165, 1.54) is 10.8 Å². The van der Waals surface area contributed by atoms with E-state index in [1.54, 1.807) is 6.08 Å². The molecule has 0 aliphatic rings. The highest BCUT2D eigenvalue weighted by Gasteiger charge is 1.87. The molecule has 0 saturated heterocycles. The fourth-order valence-electron chi connectivity index (χ4n) is 1.17. The number of hydrogen-bond donors (Lipinski definition) is 0. The van der Waals surface area contributed by atoms with Crippen molar-refractivity contribution in [2.75, 3.05) is 0 Å². The first kappa shape index (κ1) is 12.6. The minimum atomic E-state index is 1.16. The predicted octanol–water partition coefficient (Wildman–Crippen LogP) is 2.18. The van der Waals surface area contributed by atoms with Gasteiger partial charge in [-0.25, -0.2) is 0 Å². The molecule has 1 heterocycles. The summed E-state index contributed by atoms with van der Waals surface area (Å²) in [5.74, 6) is 0.